The van der Waals surface area contributed by atoms with Gasteiger partial charge in [-0.25, -0.2) is 0 Å². The molecule has 0 radical (unpaired) electrons. The molecule has 3 N–H and O–H groups in total. The molecule has 1 aliphatic heterocycles. The molecule has 1 aromatic carbocycles. The molecule has 8 heteroatoms. The van der Waals surface area contributed by atoms with Crippen molar-refractivity contribution < 1.29 is 33.2 Å². The van der Waals surface area contributed by atoms with Gasteiger partial charge < -0.3 is 14.4 Å². The summed E-state index contributed by atoms with van der Waals surface area (Å²) in [5.74, 6) is 0.910. The predicted molar refractivity (Wildman–Crippen MR) is 87.0 cm³/mol. The first kappa shape index (κ1) is 18.2. The fourth-order valence-corrected chi connectivity index (χ4v) is 3.26. The number of nitrogens with one attached hydrogen (secondary N) is 1. The molecule has 0 atom stereocenters. The Labute approximate surface area is 137 Å². The van der Waals surface area contributed by atoms with Gasteiger partial charge in [0.2, 0.25) is 0 Å². The Morgan fingerprint density at radius 3 is 2.09 bits per heavy atom. The lowest BCUT2D eigenvalue weighted by Gasteiger charge is -2.16. The van der Waals surface area contributed by atoms with Crippen LogP contribution in [0.5, 0.6) is 17.2 Å². The summed E-state index contributed by atoms with van der Waals surface area (Å²) >= 11 is 0. The SMILES string of the molecule is COc1cc(CC[NH+]2CCCC2)cc(OC)c1O[P+](O)(O)OC. The van der Waals surface area contributed by atoms with Crippen LogP contribution in [0.2, 0.25) is 0 Å². The minimum absolute atomic E-state index is 0.132. The minimum Gasteiger partial charge on any atom is -0.492 e. The van der Waals surface area contributed by atoms with Crippen molar-refractivity contribution >= 4 is 8.17 Å². The molecule has 0 unspecified atom stereocenters. The molecule has 0 aliphatic carbocycles. The lowest BCUT2D eigenvalue weighted by atomic mass is 10.1. The van der Waals surface area contributed by atoms with E-state index >= 15 is 0 Å². The maximum Gasteiger partial charge on any atom is 0.616 e. The zero-order chi connectivity index (χ0) is 16.9. The second kappa shape index (κ2) is 8.13. The van der Waals surface area contributed by atoms with Crippen molar-refractivity contribution in [3.8, 4) is 17.2 Å². The smallest absolute Gasteiger partial charge is 0.492 e. The number of rotatable bonds is 8. The molecule has 1 heterocycles. The molecule has 0 spiro atoms. The first-order chi connectivity index (χ1) is 11.0. The van der Waals surface area contributed by atoms with Crippen molar-refractivity contribution in [2.24, 2.45) is 0 Å². The van der Waals surface area contributed by atoms with Gasteiger partial charge >= 0.3 is 8.17 Å². The van der Waals surface area contributed by atoms with Gasteiger partial charge in [-0.1, -0.05) is 0 Å². The first-order valence-electron chi connectivity index (χ1n) is 7.67. The van der Waals surface area contributed by atoms with Crippen LogP contribution in [0, 0.1) is 0 Å². The Morgan fingerprint density at radius 1 is 1.04 bits per heavy atom. The van der Waals surface area contributed by atoms with Gasteiger partial charge in [-0.3, -0.25) is 4.52 Å². The van der Waals surface area contributed by atoms with Gasteiger partial charge in [-0.2, -0.15) is 9.79 Å². The lowest BCUT2D eigenvalue weighted by Crippen LogP contribution is -3.10. The second-order valence-electron chi connectivity index (χ2n) is 5.55. The van der Waals surface area contributed by atoms with Crippen molar-refractivity contribution in [1.29, 1.82) is 0 Å². The highest BCUT2D eigenvalue weighted by Crippen LogP contribution is 2.55. The number of likely N-dealkylation sites (tertiary alicyclic amines) is 1. The number of hydrogen-bond acceptors (Lipinski definition) is 6. The first-order valence-corrected chi connectivity index (χ1v) is 9.20. The van der Waals surface area contributed by atoms with E-state index in [-0.39, 0.29) is 5.75 Å². The van der Waals surface area contributed by atoms with Crippen molar-refractivity contribution in [2.45, 2.75) is 19.3 Å². The van der Waals surface area contributed by atoms with Crippen LogP contribution in [0.3, 0.4) is 0 Å². The maximum absolute atomic E-state index is 9.64. The summed E-state index contributed by atoms with van der Waals surface area (Å²) in [6.45, 7) is 3.51. The average molecular weight is 347 g/mol. The summed E-state index contributed by atoms with van der Waals surface area (Å²) in [6, 6.07) is 3.67. The van der Waals surface area contributed by atoms with Crippen LogP contribution in [0.25, 0.3) is 0 Å². The Kier molecular flexibility index (Phi) is 6.44. The molecule has 1 saturated heterocycles. The summed E-state index contributed by atoms with van der Waals surface area (Å²) < 4.78 is 20.4. The number of ether oxygens (including phenoxy) is 2. The number of methoxy groups -OCH3 is 2. The van der Waals surface area contributed by atoms with E-state index in [1.54, 1.807) is 4.90 Å². The van der Waals surface area contributed by atoms with Crippen molar-refractivity contribution in [2.75, 3.05) is 41.0 Å². The molecule has 0 aromatic heterocycles. The van der Waals surface area contributed by atoms with Crippen LogP contribution in [-0.2, 0) is 10.9 Å². The van der Waals surface area contributed by atoms with Crippen LogP contribution >= 0.6 is 8.17 Å². The minimum atomic E-state index is -3.94. The number of quaternary nitrogens is 1. The van der Waals surface area contributed by atoms with Crippen molar-refractivity contribution in [3.63, 3.8) is 0 Å². The fourth-order valence-electron chi connectivity index (χ4n) is 2.77. The third kappa shape index (κ3) is 4.93. The number of benzene rings is 1. The van der Waals surface area contributed by atoms with Crippen LogP contribution in [0.4, 0.5) is 0 Å². The zero-order valence-electron chi connectivity index (χ0n) is 13.9. The van der Waals surface area contributed by atoms with E-state index < -0.39 is 8.17 Å². The molecular formula is C15H26NO6P+2. The Morgan fingerprint density at radius 2 is 1.61 bits per heavy atom. The van der Waals surface area contributed by atoms with Gasteiger partial charge in [-0.05, 0) is 17.7 Å². The lowest BCUT2D eigenvalue weighted by molar-refractivity contribution is -0.887. The number of hydrogen-bond donors (Lipinski definition) is 3. The van der Waals surface area contributed by atoms with Crippen LogP contribution < -0.4 is 18.9 Å². The zero-order valence-corrected chi connectivity index (χ0v) is 14.8. The standard InChI is InChI=1S/C15H25NO6P/c1-19-13-10-12(6-9-16-7-4-5-8-16)11-14(20-2)15(13)22-23(17,18)21-3/h10-11,17-18H,4-9H2,1-3H3/q+1/p+1. The summed E-state index contributed by atoms with van der Waals surface area (Å²) in [7, 11) is 0.227. The largest absolute Gasteiger partial charge is 0.616 e. The maximum atomic E-state index is 9.64. The highest BCUT2D eigenvalue weighted by molar-refractivity contribution is 7.54. The highest BCUT2D eigenvalue weighted by atomic mass is 31.2. The fraction of sp³-hybridized carbons (Fsp3) is 0.600. The molecule has 0 bridgehead atoms. The van der Waals surface area contributed by atoms with Gasteiger partial charge in [0.05, 0.1) is 41.0 Å². The predicted octanol–water partition coefficient (Wildman–Crippen LogP) is 0.612. The van der Waals surface area contributed by atoms with Gasteiger partial charge in [0.25, 0.3) is 5.75 Å². The Balaban J connectivity index is 2.18. The summed E-state index contributed by atoms with van der Waals surface area (Å²) in [4.78, 5) is 20.9. The van der Waals surface area contributed by atoms with Crippen LogP contribution in [0.1, 0.15) is 18.4 Å². The summed E-state index contributed by atoms with van der Waals surface area (Å²) in [5, 5.41) is 0. The highest BCUT2D eigenvalue weighted by Gasteiger charge is 2.42. The normalized spacial score (nSPS) is 15.7. The third-order valence-corrected chi connectivity index (χ3v) is 4.94. The molecule has 7 nitrogen and oxygen atoms in total. The van der Waals surface area contributed by atoms with Gasteiger partial charge in [-0.15, -0.1) is 4.52 Å². The van der Waals surface area contributed by atoms with Crippen LogP contribution in [-0.4, -0.2) is 50.8 Å². The molecule has 1 aliphatic rings. The molecular weight excluding hydrogens is 321 g/mol. The molecule has 1 aromatic rings. The van der Waals surface area contributed by atoms with Gasteiger partial charge in [0.15, 0.2) is 11.5 Å². The van der Waals surface area contributed by atoms with Gasteiger partial charge in [0, 0.05) is 19.3 Å². The molecule has 2 rings (SSSR count). The van der Waals surface area contributed by atoms with E-state index in [4.69, 9.17) is 14.0 Å². The van der Waals surface area contributed by atoms with E-state index in [0.717, 1.165) is 18.5 Å². The molecule has 0 saturated carbocycles. The molecule has 23 heavy (non-hydrogen) atoms. The monoisotopic (exact) mass is 347 g/mol. The van der Waals surface area contributed by atoms with Crippen LogP contribution in [0.15, 0.2) is 12.1 Å². The Bertz CT molecular complexity index is 494. The van der Waals surface area contributed by atoms with E-state index in [1.165, 1.54) is 47.3 Å². The quantitative estimate of drug-likeness (QED) is 0.598. The topological polar surface area (TPSA) is 81.8 Å². The summed E-state index contributed by atoms with van der Waals surface area (Å²) in [5.41, 5.74) is 1.06. The Hall–Kier alpha value is -1.11. The third-order valence-electron chi connectivity index (χ3n) is 4.05. The van der Waals surface area contributed by atoms with Crippen molar-refractivity contribution in [3.05, 3.63) is 17.7 Å². The van der Waals surface area contributed by atoms with E-state index in [0.29, 0.717) is 11.5 Å². The van der Waals surface area contributed by atoms with E-state index in [9.17, 15) is 9.79 Å². The molecule has 130 valence electrons. The van der Waals surface area contributed by atoms with Gasteiger partial charge in [0.1, 0.15) is 0 Å². The molecule has 1 fully saturated rings. The molecule has 0 amide bonds. The average Bonchev–Trinajstić information content (AvgIpc) is 3.06. The summed E-state index contributed by atoms with van der Waals surface area (Å²) in [6.07, 6.45) is 3.49. The second-order valence-corrected chi connectivity index (χ2v) is 7.08. The van der Waals surface area contributed by atoms with E-state index in [1.807, 2.05) is 12.1 Å². The van der Waals surface area contributed by atoms with Crippen molar-refractivity contribution in [1.82, 2.24) is 0 Å². The van der Waals surface area contributed by atoms with E-state index in [2.05, 4.69) is 4.52 Å².